The van der Waals surface area contributed by atoms with E-state index in [1.165, 1.54) is 0 Å². The number of hydrogen-bond donors (Lipinski definition) is 1. The lowest BCUT2D eigenvalue weighted by atomic mass is 10.1. The van der Waals surface area contributed by atoms with Crippen molar-refractivity contribution >= 4 is 28.3 Å². The van der Waals surface area contributed by atoms with Gasteiger partial charge in [0, 0.05) is 12.6 Å². The Morgan fingerprint density at radius 2 is 1.73 bits per heavy atom. The molecule has 0 aliphatic carbocycles. The first kappa shape index (κ1) is 16.1. The number of rotatable bonds is 2. The minimum absolute atomic E-state index is 0.152. The highest BCUT2D eigenvalue weighted by Crippen LogP contribution is 2.34. The van der Waals surface area contributed by atoms with Gasteiger partial charge >= 0.3 is 0 Å². The molecule has 5 heteroatoms. The molecule has 3 aromatic rings. The van der Waals surface area contributed by atoms with Crippen LogP contribution in [0, 0.1) is 0 Å². The van der Waals surface area contributed by atoms with E-state index in [2.05, 4.69) is 5.32 Å². The maximum absolute atomic E-state index is 13.2. The van der Waals surface area contributed by atoms with Crippen LogP contribution < -0.4 is 15.0 Å². The Balaban J connectivity index is 1.74. The molecule has 1 aliphatic heterocycles. The molecule has 1 unspecified atom stereocenters. The molecule has 0 spiro atoms. The average molecular weight is 346 g/mol. The van der Waals surface area contributed by atoms with E-state index in [1.54, 1.807) is 18.0 Å². The Morgan fingerprint density at radius 3 is 2.54 bits per heavy atom. The number of anilines is 1. The summed E-state index contributed by atoms with van der Waals surface area (Å²) in [6.07, 6.45) is -0.737. The van der Waals surface area contributed by atoms with Crippen LogP contribution in [0.5, 0.6) is 5.75 Å². The van der Waals surface area contributed by atoms with Gasteiger partial charge in [-0.1, -0.05) is 42.5 Å². The zero-order chi connectivity index (χ0) is 18.1. The lowest BCUT2D eigenvalue weighted by molar-refractivity contribution is -0.127. The second kappa shape index (κ2) is 6.52. The van der Waals surface area contributed by atoms with E-state index < -0.39 is 6.10 Å². The summed E-state index contributed by atoms with van der Waals surface area (Å²) in [4.78, 5) is 26.9. The molecule has 1 aliphatic rings. The van der Waals surface area contributed by atoms with E-state index in [0.29, 0.717) is 17.0 Å². The fourth-order valence-electron chi connectivity index (χ4n) is 3.20. The largest absolute Gasteiger partial charge is 0.477 e. The molecule has 1 heterocycles. The van der Waals surface area contributed by atoms with Crippen molar-refractivity contribution < 1.29 is 14.3 Å². The molecule has 0 bridgehead atoms. The van der Waals surface area contributed by atoms with Crippen LogP contribution in [0.4, 0.5) is 5.69 Å². The second-order valence-corrected chi connectivity index (χ2v) is 6.17. The molecule has 1 N–H and O–H groups in total. The van der Waals surface area contributed by atoms with E-state index in [0.717, 1.165) is 10.8 Å². The number of benzene rings is 3. The SMILES string of the molecule is CNC(=O)C1CN(C(=O)c2ccc3ccccc3c2)c2ccccc2O1. The maximum atomic E-state index is 13.2. The smallest absolute Gasteiger partial charge is 0.262 e. The molecule has 26 heavy (non-hydrogen) atoms. The van der Waals surface area contributed by atoms with E-state index in [1.807, 2.05) is 60.7 Å². The van der Waals surface area contributed by atoms with Gasteiger partial charge in [-0.3, -0.25) is 9.59 Å². The fourth-order valence-corrected chi connectivity index (χ4v) is 3.20. The Labute approximate surface area is 151 Å². The number of carbonyl (C=O) groups excluding carboxylic acids is 2. The number of fused-ring (bicyclic) bond motifs is 2. The molecule has 1 atom stereocenters. The third kappa shape index (κ3) is 2.77. The number of nitrogens with zero attached hydrogens (tertiary/aromatic N) is 1. The third-order valence-corrected chi connectivity index (χ3v) is 4.55. The van der Waals surface area contributed by atoms with Gasteiger partial charge in [-0.15, -0.1) is 0 Å². The van der Waals surface area contributed by atoms with Gasteiger partial charge in [0.25, 0.3) is 11.8 Å². The number of para-hydroxylation sites is 2. The number of carbonyl (C=O) groups is 2. The van der Waals surface area contributed by atoms with Crippen molar-refractivity contribution in [2.24, 2.45) is 0 Å². The minimum Gasteiger partial charge on any atom is -0.477 e. The predicted molar refractivity (Wildman–Crippen MR) is 101 cm³/mol. The first-order chi connectivity index (χ1) is 12.7. The Hall–Kier alpha value is -3.34. The Morgan fingerprint density at radius 1 is 1.00 bits per heavy atom. The van der Waals surface area contributed by atoms with Gasteiger partial charge < -0.3 is 15.0 Å². The van der Waals surface area contributed by atoms with Crippen molar-refractivity contribution in [2.75, 3.05) is 18.5 Å². The second-order valence-electron chi connectivity index (χ2n) is 6.17. The average Bonchev–Trinajstić information content (AvgIpc) is 2.71. The number of ether oxygens (including phenoxy) is 1. The van der Waals surface area contributed by atoms with Gasteiger partial charge in [0.2, 0.25) is 0 Å². The standard InChI is InChI=1S/C21H18N2O3/c1-22-20(24)19-13-23(17-8-4-5-9-18(17)26-19)21(25)16-11-10-14-6-2-3-7-15(14)12-16/h2-12,19H,13H2,1H3,(H,22,24). The summed E-state index contributed by atoms with van der Waals surface area (Å²) < 4.78 is 5.77. The number of likely N-dealkylation sites (N-methyl/N-ethyl adjacent to an activating group) is 1. The Kier molecular flexibility index (Phi) is 4.05. The van der Waals surface area contributed by atoms with Crippen LogP contribution in [-0.4, -0.2) is 31.5 Å². The molecule has 0 aromatic heterocycles. The van der Waals surface area contributed by atoms with Gasteiger partial charge in [-0.05, 0) is 35.0 Å². The molecule has 0 saturated heterocycles. The number of amides is 2. The number of hydrogen-bond acceptors (Lipinski definition) is 3. The summed E-state index contributed by atoms with van der Waals surface area (Å²) in [6.45, 7) is 0.169. The van der Waals surface area contributed by atoms with Gasteiger partial charge in [-0.2, -0.15) is 0 Å². The zero-order valence-corrected chi connectivity index (χ0v) is 14.3. The van der Waals surface area contributed by atoms with Gasteiger partial charge in [0.05, 0.1) is 12.2 Å². The minimum atomic E-state index is -0.737. The fraction of sp³-hybridized carbons (Fsp3) is 0.143. The summed E-state index contributed by atoms with van der Waals surface area (Å²) in [6, 6.07) is 20.8. The normalized spacial score (nSPS) is 15.9. The van der Waals surface area contributed by atoms with Gasteiger partial charge in [0.15, 0.2) is 6.10 Å². The van der Waals surface area contributed by atoms with E-state index in [4.69, 9.17) is 4.74 Å². The van der Waals surface area contributed by atoms with Crippen molar-refractivity contribution in [3.8, 4) is 5.75 Å². The Bertz CT molecular complexity index is 999. The van der Waals surface area contributed by atoms with Crippen molar-refractivity contribution in [3.05, 3.63) is 72.3 Å². The summed E-state index contributed by atoms with van der Waals surface area (Å²) in [5.74, 6) is 0.123. The van der Waals surface area contributed by atoms with Crippen molar-refractivity contribution in [1.82, 2.24) is 5.32 Å². The molecular weight excluding hydrogens is 328 g/mol. The quantitative estimate of drug-likeness (QED) is 0.776. The topological polar surface area (TPSA) is 58.6 Å². The van der Waals surface area contributed by atoms with E-state index >= 15 is 0 Å². The lowest BCUT2D eigenvalue weighted by Gasteiger charge is -2.34. The van der Waals surface area contributed by atoms with Crippen LogP contribution in [0.25, 0.3) is 10.8 Å². The maximum Gasteiger partial charge on any atom is 0.262 e. The molecule has 0 fully saturated rings. The summed E-state index contributed by atoms with van der Waals surface area (Å²) >= 11 is 0. The van der Waals surface area contributed by atoms with Crippen LogP contribution in [-0.2, 0) is 4.79 Å². The summed E-state index contributed by atoms with van der Waals surface area (Å²) in [5, 5.41) is 4.67. The highest BCUT2D eigenvalue weighted by molar-refractivity contribution is 6.09. The highest BCUT2D eigenvalue weighted by Gasteiger charge is 2.33. The van der Waals surface area contributed by atoms with Crippen molar-refractivity contribution in [3.63, 3.8) is 0 Å². The lowest BCUT2D eigenvalue weighted by Crippen LogP contribution is -2.50. The van der Waals surface area contributed by atoms with Crippen LogP contribution in [0.15, 0.2) is 66.7 Å². The first-order valence-corrected chi connectivity index (χ1v) is 8.45. The molecular formula is C21H18N2O3. The molecule has 130 valence electrons. The highest BCUT2D eigenvalue weighted by atomic mass is 16.5. The zero-order valence-electron chi connectivity index (χ0n) is 14.3. The van der Waals surface area contributed by atoms with Crippen LogP contribution >= 0.6 is 0 Å². The van der Waals surface area contributed by atoms with E-state index in [-0.39, 0.29) is 18.4 Å². The summed E-state index contributed by atoms with van der Waals surface area (Å²) in [7, 11) is 1.56. The molecule has 0 radical (unpaired) electrons. The van der Waals surface area contributed by atoms with Crippen molar-refractivity contribution in [2.45, 2.75) is 6.10 Å². The van der Waals surface area contributed by atoms with Gasteiger partial charge in [-0.25, -0.2) is 0 Å². The van der Waals surface area contributed by atoms with Crippen LogP contribution in [0.3, 0.4) is 0 Å². The molecule has 0 saturated carbocycles. The third-order valence-electron chi connectivity index (χ3n) is 4.55. The molecule has 5 nitrogen and oxygen atoms in total. The molecule has 4 rings (SSSR count). The van der Waals surface area contributed by atoms with Crippen molar-refractivity contribution in [1.29, 1.82) is 0 Å². The van der Waals surface area contributed by atoms with Gasteiger partial charge in [0.1, 0.15) is 5.75 Å². The van der Waals surface area contributed by atoms with E-state index in [9.17, 15) is 9.59 Å². The predicted octanol–water partition coefficient (Wildman–Crippen LogP) is 2.99. The van der Waals surface area contributed by atoms with Crippen LogP contribution in [0.1, 0.15) is 10.4 Å². The first-order valence-electron chi connectivity index (χ1n) is 8.45. The number of nitrogens with one attached hydrogen (secondary N) is 1. The molecule has 2 amide bonds. The van der Waals surface area contributed by atoms with Crippen LogP contribution in [0.2, 0.25) is 0 Å². The summed E-state index contributed by atoms with van der Waals surface area (Å²) in [5.41, 5.74) is 1.25. The monoisotopic (exact) mass is 346 g/mol. The molecule has 3 aromatic carbocycles.